The number of aromatic nitrogens is 1. The van der Waals surface area contributed by atoms with E-state index in [1.54, 1.807) is 0 Å². The van der Waals surface area contributed by atoms with Gasteiger partial charge in [0.1, 0.15) is 0 Å². The number of hydrogen-bond donors (Lipinski definition) is 3. The van der Waals surface area contributed by atoms with Gasteiger partial charge in [-0.05, 0) is 44.9 Å². The summed E-state index contributed by atoms with van der Waals surface area (Å²) in [6.07, 6.45) is 0. The molecule has 5 heteroatoms. The van der Waals surface area contributed by atoms with Crippen LogP contribution >= 0.6 is 11.6 Å². The second-order valence-corrected chi connectivity index (χ2v) is 5.97. The molecule has 1 aromatic heterocycles. The smallest absolute Gasteiger partial charge is 0.156 e. The van der Waals surface area contributed by atoms with Crippen molar-refractivity contribution in [1.82, 2.24) is 4.98 Å². The summed E-state index contributed by atoms with van der Waals surface area (Å²) in [5.41, 5.74) is 13.3. The van der Waals surface area contributed by atoms with Crippen LogP contribution in [0, 0.1) is 27.7 Å². The molecule has 0 saturated heterocycles. The van der Waals surface area contributed by atoms with Crippen molar-refractivity contribution in [3.63, 3.8) is 0 Å². The standard InChI is InChI=1S/C17H23ClN4/c1-10-7-11(2)16(12(3)8-10)22-17-15(19)14(20-6-5-18)9-13(4)21-17/h7-9H,5-6,19H2,1-4H3,(H2,20,21,22). The lowest BCUT2D eigenvalue weighted by atomic mass is 10.0. The molecule has 0 fully saturated rings. The van der Waals surface area contributed by atoms with Gasteiger partial charge in [-0.3, -0.25) is 0 Å². The number of nitrogen functional groups attached to an aromatic ring is 1. The molecule has 1 aromatic carbocycles. The van der Waals surface area contributed by atoms with E-state index in [1.165, 1.54) is 16.7 Å². The topological polar surface area (TPSA) is 63.0 Å². The van der Waals surface area contributed by atoms with Crippen LogP contribution in [0.3, 0.4) is 0 Å². The van der Waals surface area contributed by atoms with Gasteiger partial charge in [0, 0.05) is 23.8 Å². The van der Waals surface area contributed by atoms with Gasteiger partial charge >= 0.3 is 0 Å². The number of anilines is 4. The van der Waals surface area contributed by atoms with Gasteiger partial charge in [-0.1, -0.05) is 17.7 Å². The first kappa shape index (κ1) is 16.4. The number of hydrogen-bond acceptors (Lipinski definition) is 4. The predicted octanol–water partition coefficient (Wildman–Crippen LogP) is 4.29. The maximum Gasteiger partial charge on any atom is 0.156 e. The summed E-state index contributed by atoms with van der Waals surface area (Å²) in [4.78, 5) is 4.53. The van der Waals surface area contributed by atoms with Gasteiger partial charge in [0.15, 0.2) is 5.82 Å². The molecule has 4 nitrogen and oxygen atoms in total. The Hall–Kier alpha value is -1.94. The molecule has 0 aliphatic carbocycles. The highest BCUT2D eigenvalue weighted by molar-refractivity contribution is 6.18. The van der Waals surface area contributed by atoms with Crippen molar-refractivity contribution in [1.29, 1.82) is 0 Å². The molecule has 2 rings (SSSR count). The fourth-order valence-electron chi connectivity index (χ4n) is 2.60. The summed E-state index contributed by atoms with van der Waals surface area (Å²) in [7, 11) is 0. The highest BCUT2D eigenvalue weighted by atomic mass is 35.5. The molecule has 22 heavy (non-hydrogen) atoms. The summed E-state index contributed by atoms with van der Waals surface area (Å²) in [5, 5.41) is 6.62. The molecule has 0 atom stereocenters. The Balaban J connectivity index is 2.39. The van der Waals surface area contributed by atoms with Crippen molar-refractivity contribution >= 4 is 34.5 Å². The van der Waals surface area contributed by atoms with E-state index >= 15 is 0 Å². The summed E-state index contributed by atoms with van der Waals surface area (Å²) >= 11 is 5.73. The molecule has 0 aliphatic rings. The Kier molecular flexibility index (Phi) is 5.14. The Labute approximate surface area is 137 Å². The molecular weight excluding hydrogens is 296 g/mol. The molecule has 118 valence electrons. The van der Waals surface area contributed by atoms with E-state index in [-0.39, 0.29) is 0 Å². The van der Waals surface area contributed by atoms with Gasteiger partial charge in [-0.25, -0.2) is 4.98 Å². The average Bonchev–Trinajstić information content (AvgIpc) is 2.44. The third-order valence-corrected chi connectivity index (χ3v) is 3.71. The van der Waals surface area contributed by atoms with Crippen LogP contribution in [0.5, 0.6) is 0 Å². The number of nitrogens with zero attached hydrogens (tertiary/aromatic N) is 1. The monoisotopic (exact) mass is 318 g/mol. The lowest BCUT2D eigenvalue weighted by Crippen LogP contribution is -2.09. The molecular formula is C17H23ClN4. The summed E-state index contributed by atoms with van der Waals surface area (Å²) in [6.45, 7) is 8.88. The molecule has 0 bridgehead atoms. The Morgan fingerprint density at radius 2 is 1.73 bits per heavy atom. The van der Waals surface area contributed by atoms with E-state index in [0.717, 1.165) is 17.1 Å². The quantitative estimate of drug-likeness (QED) is 0.720. The van der Waals surface area contributed by atoms with Crippen LogP contribution < -0.4 is 16.4 Å². The van der Waals surface area contributed by atoms with E-state index < -0.39 is 0 Å². The van der Waals surface area contributed by atoms with Gasteiger partial charge in [0.25, 0.3) is 0 Å². The molecule has 0 saturated carbocycles. The molecule has 0 aliphatic heterocycles. The van der Waals surface area contributed by atoms with Crippen molar-refractivity contribution in [2.45, 2.75) is 27.7 Å². The van der Waals surface area contributed by atoms with Crippen LogP contribution in [0.4, 0.5) is 22.9 Å². The first-order valence-corrected chi connectivity index (χ1v) is 7.87. The molecule has 0 radical (unpaired) electrons. The summed E-state index contributed by atoms with van der Waals surface area (Å²) in [5.74, 6) is 1.20. The van der Waals surface area contributed by atoms with Gasteiger partial charge in [0.2, 0.25) is 0 Å². The van der Waals surface area contributed by atoms with Gasteiger partial charge in [-0.15, -0.1) is 11.6 Å². The number of alkyl halides is 1. The van der Waals surface area contributed by atoms with Gasteiger partial charge < -0.3 is 16.4 Å². The highest BCUT2D eigenvalue weighted by Gasteiger charge is 2.11. The predicted molar refractivity (Wildman–Crippen MR) is 96.5 cm³/mol. The van der Waals surface area contributed by atoms with E-state index in [4.69, 9.17) is 17.3 Å². The molecule has 2 aromatic rings. The number of nitrogens with one attached hydrogen (secondary N) is 2. The first-order chi connectivity index (χ1) is 10.4. The zero-order chi connectivity index (χ0) is 16.3. The second-order valence-electron chi connectivity index (χ2n) is 5.59. The lowest BCUT2D eigenvalue weighted by Gasteiger charge is -2.17. The van der Waals surface area contributed by atoms with E-state index in [9.17, 15) is 0 Å². The summed E-state index contributed by atoms with van der Waals surface area (Å²) < 4.78 is 0. The number of rotatable bonds is 5. The van der Waals surface area contributed by atoms with Crippen LogP contribution in [0.2, 0.25) is 0 Å². The molecule has 0 unspecified atom stereocenters. The van der Waals surface area contributed by atoms with Gasteiger partial charge in [0.05, 0.1) is 11.4 Å². The van der Waals surface area contributed by atoms with Crippen LogP contribution in [0.1, 0.15) is 22.4 Å². The maximum absolute atomic E-state index is 6.24. The first-order valence-electron chi connectivity index (χ1n) is 7.34. The van der Waals surface area contributed by atoms with Crippen molar-refractivity contribution in [2.24, 2.45) is 0 Å². The number of pyridine rings is 1. The average molecular weight is 319 g/mol. The van der Waals surface area contributed by atoms with Crippen molar-refractivity contribution in [2.75, 3.05) is 28.8 Å². The number of nitrogens with two attached hydrogens (primary N) is 1. The van der Waals surface area contributed by atoms with E-state index in [2.05, 4.69) is 48.5 Å². The number of benzene rings is 1. The minimum Gasteiger partial charge on any atom is -0.394 e. The maximum atomic E-state index is 6.24. The van der Waals surface area contributed by atoms with Crippen molar-refractivity contribution in [3.05, 3.63) is 40.6 Å². The zero-order valence-electron chi connectivity index (χ0n) is 13.5. The van der Waals surface area contributed by atoms with Gasteiger partial charge in [-0.2, -0.15) is 0 Å². The lowest BCUT2D eigenvalue weighted by molar-refractivity contribution is 1.16. The van der Waals surface area contributed by atoms with Crippen LogP contribution in [-0.4, -0.2) is 17.4 Å². The zero-order valence-corrected chi connectivity index (χ0v) is 14.3. The molecule has 0 spiro atoms. The van der Waals surface area contributed by atoms with Crippen LogP contribution in [0.25, 0.3) is 0 Å². The third-order valence-electron chi connectivity index (χ3n) is 3.52. The third kappa shape index (κ3) is 3.63. The second kappa shape index (κ2) is 6.88. The SMILES string of the molecule is Cc1cc(C)c(Nc2nc(C)cc(NCCCl)c2N)c(C)c1. The molecule has 1 heterocycles. The van der Waals surface area contributed by atoms with Crippen LogP contribution in [0.15, 0.2) is 18.2 Å². The Bertz CT molecular complexity index is 660. The fraction of sp³-hybridized carbons (Fsp3) is 0.353. The normalized spacial score (nSPS) is 10.6. The van der Waals surface area contributed by atoms with Crippen LogP contribution in [-0.2, 0) is 0 Å². The minimum absolute atomic E-state index is 0.528. The largest absolute Gasteiger partial charge is 0.394 e. The van der Waals surface area contributed by atoms with E-state index in [0.29, 0.717) is 23.9 Å². The molecule has 0 amide bonds. The number of aryl methyl sites for hydroxylation is 4. The molecule has 4 N–H and O–H groups in total. The Morgan fingerprint density at radius 3 is 2.32 bits per heavy atom. The fourth-order valence-corrected chi connectivity index (χ4v) is 2.70. The Morgan fingerprint density at radius 1 is 1.09 bits per heavy atom. The van der Waals surface area contributed by atoms with Crippen molar-refractivity contribution in [3.8, 4) is 0 Å². The van der Waals surface area contributed by atoms with Crippen molar-refractivity contribution < 1.29 is 0 Å². The summed E-state index contributed by atoms with van der Waals surface area (Å²) in [6, 6.07) is 6.23. The number of halogens is 1. The van der Waals surface area contributed by atoms with E-state index in [1.807, 2.05) is 13.0 Å². The highest BCUT2D eigenvalue weighted by Crippen LogP contribution is 2.32. The minimum atomic E-state index is 0.528.